The summed E-state index contributed by atoms with van der Waals surface area (Å²) in [5.41, 5.74) is 9.20. The number of fused-ring (bicyclic) bond motifs is 1. The van der Waals surface area contributed by atoms with E-state index in [2.05, 4.69) is 6.07 Å². The number of rotatable bonds is 3. The van der Waals surface area contributed by atoms with Crippen LogP contribution in [0.25, 0.3) is 11.1 Å². The molecular formula is C17H17NO3. The van der Waals surface area contributed by atoms with Crippen molar-refractivity contribution >= 4 is 5.97 Å². The van der Waals surface area contributed by atoms with Crippen molar-refractivity contribution in [2.45, 2.75) is 18.9 Å². The minimum Gasteiger partial charge on any atom is -0.489 e. The van der Waals surface area contributed by atoms with Crippen LogP contribution < -0.4 is 10.5 Å². The average Bonchev–Trinajstić information content (AvgIpc) is 2.54. The lowest BCUT2D eigenvalue weighted by molar-refractivity contribution is 0.0697. The molecule has 1 heterocycles. The minimum absolute atomic E-state index is 0.109. The van der Waals surface area contributed by atoms with E-state index in [9.17, 15) is 4.79 Å². The Morgan fingerprint density at radius 1 is 1.19 bits per heavy atom. The highest BCUT2D eigenvalue weighted by molar-refractivity contribution is 5.88. The van der Waals surface area contributed by atoms with Gasteiger partial charge in [-0.1, -0.05) is 18.2 Å². The normalized spacial score (nSPS) is 16.9. The summed E-state index contributed by atoms with van der Waals surface area (Å²) >= 11 is 0. The maximum Gasteiger partial charge on any atom is 0.335 e. The molecule has 3 N–H and O–H groups in total. The molecule has 0 bridgehead atoms. The molecule has 1 aliphatic heterocycles. The number of benzene rings is 2. The van der Waals surface area contributed by atoms with Crippen LogP contribution in [0.2, 0.25) is 0 Å². The number of ether oxygens (including phenoxy) is 1. The Morgan fingerprint density at radius 2 is 1.90 bits per heavy atom. The summed E-state index contributed by atoms with van der Waals surface area (Å²) in [6, 6.07) is 13.0. The van der Waals surface area contributed by atoms with Crippen LogP contribution >= 0.6 is 0 Å². The first-order valence-corrected chi connectivity index (χ1v) is 7.01. The van der Waals surface area contributed by atoms with Gasteiger partial charge >= 0.3 is 5.97 Å². The molecular weight excluding hydrogens is 266 g/mol. The molecule has 0 aromatic heterocycles. The van der Waals surface area contributed by atoms with E-state index in [1.807, 2.05) is 24.3 Å². The van der Waals surface area contributed by atoms with Gasteiger partial charge in [0, 0.05) is 6.54 Å². The van der Waals surface area contributed by atoms with Crippen molar-refractivity contribution in [1.82, 2.24) is 0 Å². The molecule has 4 nitrogen and oxygen atoms in total. The Balaban J connectivity index is 1.88. The monoisotopic (exact) mass is 283 g/mol. The van der Waals surface area contributed by atoms with Crippen LogP contribution in [-0.2, 0) is 6.42 Å². The van der Waals surface area contributed by atoms with Crippen molar-refractivity contribution in [2.24, 2.45) is 5.73 Å². The number of aromatic carboxylic acids is 1. The Morgan fingerprint density at radius 3 is 2.57 bits per heavy atom. The molecule has 4 heteroatoms. The fraction of sp³-hybridized carbons (Fsp3) is 0.235. The van der Waals surface area contributed by atoms with Gasteiger partial charge in [-0.3, -0.25) is 0 Å². The zero-order valence-electron chi connectivity index (χ0n) is 11.6. The molecule has 21 heavy (non-hydrogen) atoms. The highest BCUT2D eigenvalue weighted by atomic mass is 16.5. The van der Waals surface area contributed by atoms with E-state index in [1.165, 1.54) is 5.56 Å². The van der Waals surface area contributed by atoms with Crippen LogP contribution in [0.5, 0.6) is 5.75 Å². The summed E-state index contributed by atoms with van der Waals surface area (Å²) in [6.45, 7) is 0.540. The fourth-order valence-electron chi connectivity index (χ4n) is 2.60. The van der Waals surface area contributed by atoms with Crippen LogP contribution in [-0.4, -0.2) is 23.7 Å². The lowest BCUT2D eigenvalue weighted by atomic mass is 9.96. The van der Waals surface area contributed by atoms with Crippen LogP contribution in [0.4, 0.5) is 0 Å². The number of hydrogen-bond donors (Lipinski definition) is 2. The van der Waals surface area contributed by atoms with Gasteiger partial charge in [-0.25, -0.2) is 4.79 Å². The first kappa shape index (κ1) is 13.6. The number of hydrogen-bond acceptors (Lipinski definition) is 3. The van der Waals surface area contributed by atoms with Crippen molar-refractivity contribution < 1.29 is 14.6 Å². The molecule has 1 aliphatic rings. The van der Waals surface area contributed by atoms with Gasteiger partial charge in [0.05, 0.1) is 5.56 Å². The number of aryl methyl sites for hydroxylation is 1. The maximum atomic E-state index is 10.9. The molecule has 0 fully saturated rings. The Bertz CT molecular complexity index is 664. The van der Waals surface area contributed by atoms with Gasteiger partial charge < -0.3 is 15.6 Å². The van der Waals surface area contributed by atoms with Crippen LogP contribution in [0.1, 0.15) is 22.3 Å². The van der Waals surface area contributed by atoms with E-state index in [0.717, 1.165) is 29.7 Å². The number of carbonyl (C=O) groups is 1. The van der Waals surface area contributed by atoms with Gasteiger partial charge in [-0.05, 0) is 53.8 Å². The highest BCUT2D eigenvalue weighted by Crippen LogP contribution is 2.31. The first-order valence-electron chi connectivity index (χ1n) is 7.01. The average molecular weight is 283 g/mol. The molecule has 2 aromatic rings. The summed E-state index contributed by atoms with van der Waals surface area (Å²) in [4.78, 5) is 10.9. The van der Waals surface area contributed by atoms with Gasteiger partial charge in [0.1, 0.15) is 11.9 Å². The standard InChI is InChI=1S/C17H17NO3/c18-10-15-7-5-14-9-13(6-8-16(14)21-15)11-1-3-12(4-2-11)17(19)20/h1-4,6,8-9,15H,5,7,10,18H2,(H,19,20). The molecule has 108 valence electrons. The van der Waals surface area contributed by atoms with Gasteiger partial charge in [0.2, 0.25) is 0 Å². The number of carboxylic acids is 1. The van der Waals surface area contributed by atoms with Crippen molar-refractivity contribution in [2.75, 3.05) is 6.54 Å². The highest BCUT2D eigenvalue weighted by Gasteiger charge is 2.18. The van der Waals surface area contributed by atoms with E-state index in [-0.39, 0.29) is 6.10 Å². The van der Waals surface area contributed by atoms with Gasteiger partial charge in [0.25, 0.3) is 0 Å². The molecule has 0 aliphatic carbocycles. The fourth-order valence-corrected chi connectivity index (χ4v) is 2.60. The smallest absolute Gasteiger partial charge is 0.335 e. The number of nitrogens with two attached hydrogens (primary N) is 1. The molecule has 1 atom stereocenters. The molecule has 0 radical (unpaired) electrons. The summed E-state index contributed by atoms with van der Waals surface area (Å²) < 4.78 is 5.82. The van der Waals surface area contributed by atoms with E-state index in [4.69, 9.17) is 15.6 Å². The van der Waals surface area contributed by atoms with Crippen LogP contribution in [0.3, 0.4) is 0 Å². The second-order valence-electron chi connectivity index (χ2n) is 5.22. The second kappa shape index (κ2) is 5.58. The number of carboxylic acid groups (broad SMARTS) is 1. The molecule has 0 saturated carbocycles. The first-order chi connectivity index (χ1) is 10.2. The SMILES string of the molecule is NCC1CCc2cc(-c3ccc(C(=O)O)cc3)ccc2O1. The third-order valence-corrected chi connectivity index (χ3v) is 3.82. The van der Waals surface area contributed by atoms with Crippen molar-refractivity contribution in [1.29, 1.82) is 0 Å². The summed E-state index contributed by atoms with van der Waals surface area (Å²) in [5, 5.41) is 8.93. The molecule has 0 spiro atoms. The predicted octanol–water partition coefficient (Wildman–Crippen LogP) is 2.70. The van der Waals surface area contributed by atoms with Gasteiger partial charge in [-0.2, -0.15) is 0 Å². The van der Waals surface area contributed by atoms with Crippen molar-refractivity contribution in [3.8, 4) is 16.9 Å². The van der Waals surface area contributed by atoms with E-state index in [1.54, 1.807) is 12.1 Å². The van der Waals surface area contributed by atoms with Crippen LogP contribution in [0, 0.1) is 0 Å². The Labute approximate surface area is 123 Å². The topological polar surface area (TPSA) is 72.6 Å². The Kier molecular flexibility index (Phi) is 3.62. The van der Waals surface area contributed by atoms with Crippen LogP contribution in [0.15, 0.2) is 42.5 Å². The van der Waals surface area contributed by atoms with Crippen molar-refractivity contribution in [3.63, 3.8) is 0 Å². The minimum atomic E-state index is -0.909. The zero-order chi connectivity index (χ0) is 14.8. The third kappa shape index (κ3) is 2.76. The molecule has 0 amide bonds. The summed E-state index contributed by atoms with van der Waals surface area (Å²) in [7, 11) is 0. The molecule has 1 unspecified atom stereocenters. The maximum absolute atomic E-state index is 10.9. The van der Waals surface area contributed by atoms with Crippen molar-refractivity contribution in [3.05, 3.63) is 53.6 Å². The molecule has 3 rings (SSSR count). The predicted molar refractivity (Wildman–Crippen MR) is 80.6 cm³/mol. The molecule has 2 aromatic carbocycles. The van der Waals surface area contributed by atoms with Gasteiger partial charge in [0.15, 0.2) is 0 Å². The van der Waals surface area contributed by atoms with Gasteiger partial charge in [-0.15, -0.1) is 0 Å². The second-order valence-corrected chi connectivity index (χ2v) is 5.22. The quantitative estimate of drug-likeness (QED) is 0.908. The van der Waals surface area contributed by atoms with E-state index in [0.29, 0.717) is 12.1 Å². The lowest BCUT2D eigenvalue weighted by Gasteiger charge is -2.25. The largest absolute Gasteiger partial charge is 0.489 e. The molecule has 0 saturated heterocycles. The lowest BCUT2D eigenvalue weighted by Crippen LogP contribution is -2.30. The van der Waals surface area contributed by atoms with E-state index >= 15 is 0 Å². The zero-order valence-corrected chi connectivity index (χ0v) is 11.6. The Hall–Kier alpha value is -2.33. The summed E-state index contributed by atoms with van der Waals surface area (Å²) in [6.07, 6.45) is 2.00. The third-order valence-electron chi connectivity index (χ3n) is 3.82. The summed E-state index contributed by atoms with van der Waals surface area (Å²) in [5.74, 6) is -0.00387. The van der Waals surface area contributed by atoms with E-state index < -0.39 is 5.97 Å².